The lowest BCUT2D eigenvalue weighted by molar-refractivity contribution is -0.116. The third-order valence-corrected chi connectivity index (χ3v) is 5.00. The number of nitrogens with zero attached hydrogens (tertiary/aromatic N) is 3. The van der Waals surface area contributed by atoms with Gasteiger partial charge in [-0.25, -0.2) is 14.4 Å². The quantitative estimate of drug-likeness (QED) is 0.546. The van der Waals surface area contributed by atoms with Gasteiger partial charge in [0.15, 0.2) is 16.7 Å². The molecule has 0 bridgehead atoms. The fraction of sp³-hybridized carbons (Fsp3) is 0.100. The molecule has 4 rings (SSSR count). The van der Waals surface area contributed by atoms with Crippen LogP contribution in [-0.2, 0) is 11.3 Å². The van der Waals surface area contributed by atoms with Gasteiger partial charge in [0.25, 0.3) is 5.56 Å². The first-order valence-electron chi connectivity index (χ1n) is 8.58. The highest BCUT2D eigenvalue weighted by atomic mass is 32.1. The summed E-state index contributed by atoms with van der Waals surface area (Å²) < 4.78 is 20.0. The van der Waals surface area contributed by atoms with Crippen LogP contribution in [0.1, 0.15) is 0 Å². The molecule has 0 fully saturated rings. The summed E-state index contributed by atoms with van der Waals surface area (Å²) in [4.78, 5) is 33.3. The van der Waals surface area contributed by atoms with Crippen molar-refractivity contribution in [1.29, 1.82) is 0 Å². The minimum atomic E-state index is -0.494. The Balaban J connectivity index is 1.49. The van der Waals surface area contributed by atoms with Crippen molar-refractivity contribution in [1.82, 2.24) is 14.5 Å². The number of anilines is 1. The average molecular weight is 410 g/mol. The van der Waals surface area contributed by atoms with Crippen molar-refractivity contribution in [2.45, 2.75) is 6.54 Å². The van der Waals surface area contributed by atoms with Gasteiger partial charge in [0.1, 0.15) is 6.54 Å². The van der Waals surface area contributed by atoms with E-state index in [0.29, 0.717) is 27.3 Å². The summed E-state index contributed by atoms with van der Waals surface area (Å²) in [5, 5.41) is 5.16. The molecule has 0 aliphatic carbocycles. The number of carbonyl (C=O) groups is 1. The van der Waals surface area contributed by atoms with Crippen LogP contribution in [0.4, 0.5) is 9.52 Å². The second-order valence-electron chi connectivity index (χ2n) is 6.13. The van der Waals surface area contributed by atoms with Crippen molar-refractivity contribution < 1.29 is 13.9 Å². The number of nitrogens with one attached hydrogen (secondary N) is 1. The maximum absolute atomic E-state index is 13.9. The van der Waals surface area contributed by atoms with Gasteiger partial charge >= 0.3 is 0 Å². The summed E-state index contributed by atoms with van der Waals surface area (Å²) in [6.07, 6.45) is 1.34. The Kier molecular flexibility index (Phi) is 5.05. The number of hydrogen-bond acceptors (Lipinski definition) is 6. The highest BCUT2D eigenvalue weighted by Crippen LogP contribution is 2.28. The smallest absolute Gasteiger partial charge is 0.261 e. The van der Waals surface area contributed by atoms with E-state index < -0.39 is 11.7 Å². The van der Waals surface area contributed by atoms with E-state index in [4.69, 9.17) is 4.74 Å². The first-order chi connectivity index (χ1) is 14.0. The minimum Gasteiger partial charge on any atom is -0.494 e. The van der Waals surface area contributed by atoms with Gasteiger partial charge in [0, 0.05) is 10.9 Å². The van der Waals surface area contributed by atoms with E-state index in [-0.39, 0.29) is 17.9 Å². The highest BCUT2D eigenvalue weighted by molar-refractivity contribution is 7.14. The molecule has 2 aromatic carbocycles. The molecular formula is C20H15FN4O3S. The zero-order chi connectivity index (χ0) is 20.4. The molecule has 0 aliphatic rings. The molecule has 0 unspecified atom stereocenters. The summed E-state index contributed by atoms with van der Waals surface area (Å²) >= 11 is 1.21. The summed E-state index contributed by atoms with van der Waals surface area (Å²) in [6.45, 7) is -0.192. The number of para-hydroxylation sites is 1. The Labute approximate surface area is 168 Å². The van der Waals surface area contributed by atoms with Crippen LogP contribution in [0, 0.1) is 5.82 Å². The molecule has 0 spiro atoms. The van der Waals surface area contributed by atoms with Gasteiger partial charge in [-0.1, -0.05) is 12.1 Å². The van der Waals surface area contributed by atoms with Crippen LogP contribution in [-0.4, -0.2) is 27.6 Å². The zero-order valence-electron chi connectivity index (χ0n) is 15.3. The van der Waals surface area contributed by atoms with Gasteiger partial charge in [-0.3, -0.25) is 14.2 Å². The van der Waals surface area contributed by atoms with Crippen LogP contribution in [0.15, 0.2) is 59.0 Å². The number of aromatic nitrogens is 3. The van der Waals surface area contributed by atoms with Crippen molar-refractivity contribution in [3.8, 4) is 17.0 Å². The number of hydrogen-bond donors (Lipinski definition) is 1. The molecule has 7 nitrogen and oxygen atoms in total. The Morgan fingerprint density at radius 1 is 1.28 bits per heavy atom. The summed E-state index contributed by atoms with van der Waals surface area (Å²) in [6, 6.07) is 11.5. The van der Waals surface area contributed by atoms with Gasteiger partial charge in [-0.15, -0.1) is 11.3 Å². The van der Waals surface area contributed by atoms with Crippen molar-refractivity contribution >= 4 is 33.3 Å². The third kappa shape index (κ3) is 3.85. The number of amides is 1. The fourth-order valence-corrected chi connectivity index (χ4v) is 3.56. The molecule has 0 saturated carbocycles. The SMILES string of the molecule is COc1ccc(-c2csc(NC(=O)Cn3cnc4ccccc4c3=O)n2)cc1F. The Bertz CT molecular complexity index is 1270. The van der Waals surface area contributed by atoms with Crippen molar-refractivity contribution in [2.75, 3.05) is 12.4 Å². The van der Waals surface area contributed by atoms with Crippen LogP contribution >= 0.6 is 11.3 Å². The van der Waals surface area contributed by atoms with Gasteiger partial charge in [-0.2, -0.15) is 0 Å². The van der Waals surface area contributed by atoms with Gasteiger partial charge in [0.2, 0.25) is 5.91 Å². The van der Waals surface area contributed by atoms with Crippen LogP contribution in [0.3, 0.4) is 0 Å². The summed E-state index contributed by atoms with van der Waals surface area (Å²) in [5.41, 5.74) is 1.37. The van der Waals surface area contributed by atoms with E-state index in [1.807, 2.05) is 0 Å². The number of thiazole rings is 1. The molecule has 0 radical (unpaired) electrons. The number of carbonyl (C=O) groups excluding carboxylic acids is 1. The third-order valence-electron chi connectivity index (χ3n) is 4.24. The van der Waals surface area contributed by atoms with E-state index >= 15 is 0 Å². The lowest BCUT2D eigenvalue weighted by Gasteiger charge is -2.06. The molecule has 2 aromatic heterocycles. The average Bonchev–Trinajstić information content (AvgIpc) is 3.18. The highest BCUT2D eigenvalue weighted by Gasteiger charge is 2.12. The molecule has 146 valence electrons. The summed E-state index contributed by atoms with van der Waals surface area (Å²) in [5.74, 6) is -0.760. The second-order valence-corrected chi connectivity index (χ2v) is 6.99. The first-order valence-corrected chi connectivity index (χ1v) is 9.46. The van der Waals surface area contributed by atoms with E-state index in [2.05, 4.69) is 15.3 Å². The lowest BCUT2D eigenvalue weighted by atomic mass is 10.1. The van der Waals surface area contributed by atoms with E-state index in [0.717, 1.165) is 0 Å². The number of methoxy groups -OCH3 is 1. The van der Waals surface area contributed by atoms with Crippen LogP contribution in [0.2, 0.25) is 0 Å². The van der Waals surface area contributed by atoms with Crippen molar-refractivity contribution in [3.05, 3.63) is 70.3 Å². The summed E-state index contributed by atoms with van der Waals surface area (Å²) in [7, 11) is 1.39. The van der Waals surface area contributed by atoms with Crippen LogP contribution in [0.5, 0.6) is 5.75 Å². The van der Waals surface area contributed by atoms with Crippen LogP contribution in [0.25, 0.3) is 22.2 Å². The number of ether oxygens (including phenoxy) is 1. The molecule has 2 heterocycles. The van der Waals surface area contributed by atoms with Gasteiger partial charge in [0.05, 0.1) is 30.0 Å². The fourth-order valence-electron chi connectivity index (χ4n) is 2.82. The normalized spacial score (nSPS) is 10.8. The first kappa shape index (κ1) is 18.8. The predicted octanol–water partition coefficient (Wildman–Crippen LogP) is 3.31. The van der Waals surface area contributed by atoms with Crippen LogP contribution < -0.4 is 15.6 Å². The van der Waals surface area contributed by atoms with Gasteiger partial charge in [-0.05, 0) is 30.3 Å². The Hall–Kier alpha value is -3.59. The standard InChI is InChI=1S/C20H15FN4O3S/c1-28-17-7-6-12(8-14(17)21)16-10-29-20(23-16)24-18(26)9-25-11-22-15-5-3-2-4-13(15)19(25)27/h2-8,10-11H,9H2,1H3,(H,23,24,26). The maximum atomic E-state index is 13.9. The maximum Gasteiger partial charge on any atom is 0.261 e. The molecule has 0 atom stereocenters. The Morgan fingerprint density at radius 3 is 2.90 bits per heavy atom. The topological polar surface area (TPSA) is 86.1 Å². The number of benzene rings is 2. The molecule has 0 aliphatic heterocycles. The Morgan fingerprint density at radius 2 is 2.10 bits per heavy atom. The molecule has 1 amide bonds. The zero-order valence-corrected chi connectivity index (χ0v) is 16.1. The lowest BCUT2D eigenvalue weighted by Crippen LogP contribution is -2.27. The molecule has 1 N–H and O–H groups in total. The van der Waals surface area contributed by atoms with E-state index in [9.17, 15) is 14.0 Å². The molecule has 29 heavy (non-hydrogen) atoms. The molecule has 9 heteroatoms. The van der Waals surface area contributed by atoms with Crippen molar-refractivity contribution in [2.24, 2.45) is 0 Å². The van der Waals surface area contributed by atoms with E-state index in [1.165, 1.54) is 41.5 Å². The van der Waals surface area contributed by atoms with Crippen molar-refractivity contribution in [3.63, 3.8) is 0 Å². The minimum absolute atomic E-state index is 0.145. The second kappa shape index (κ2) is 7.80. The van der Waals surface area contributed by atoms with Gasteiger partial charge < -0.3 is 10.1 Å². The monoisotopic (exact) mass is 410 g/mol. The molecular weight excluding hydrogens is 395 g/mol. The number of fused-ring (bicyclic) bond motifs is 1. The molecule has 0 saturated heterocycles. The van der Waals surface area contributed by atoms with E-state index in [1.54, 1.807) is 35.7 Å². The number of halogens is 1. The number of rotatable bonds is 5. The predicted molar refractivity (Wildman–Crippen MR) is 109 cm³/mol. The molecule has 4 aromatic rings. The largest absolute Gasteiger partial charge is 0.494 e.